The van der Waals surface area contributed by atoms with Gasteiger partial charge in [0.1, 0.15) is 0 Å². The van der Waals surface area contributed by atoms with Gasteiger partial charge in [-0.25, -0.2) is 0 Å². The molecule has 1 aliphatic heterocycles. The van der Waals surface area contributed by atoms with Crippen molar-refractivity contribution in [1.29, 1.82) is 0 Å². The second-order valence-electron chi connectivity index (χ2n) is 9.02. The Labute approximate surface area is 190 Å². The average molecular weight is 438 g/mol. The van der Waals surface area contributed by atoms with Crippen LogP contribution in [0.2, 0.25) is 0 Å². The van der Waals surface area contributed by atoms with Crippen molar-refractivity contribution in [2.24, 2.45) is 0 Å². The predicted octanol–water partition coefficient (Wildman–Crippen LogP) is 3.56. The fourth-order valence-corrected chi connectivity index (χ4v) is 4.43. The Morgan fingerprint density at radius 2 is 1.94 bits per heavy atom. The van der Waals surface area contributed by atoms with E-state index in [1.54, 1.807) is 0 Å². The van der Waals surface area contributed by atoms with Crippen molar-refractivity contribution in [3.63, 3.8) is 0 Å². The molecule has 1 aromatic heterocycles. The van der Waals surface area contributed by atoms with Gasteiger partial charge in [-0.15, -0.1) is 0 Å². The molecule has 0 bridgehead atoms. The molecule has 172 valence electrons. The van der Waals surface area contributed by atoms with E-state index < -0.39 is 0 Å². The van der Waals surface area contributed by atoms with Crippen LogP contribution in [0, 0.1) is 6.92 Å². The van der Waals surface area contributed by atoms with Crippen LogP contribution in [0.25, 0.3) is 11.4 Å². The van der Waals surface area contributed by atoms with Crippen LogP contribution in [0.5, 0.6) is 0 Å². The minimum atomic E-state index is -0.103. The molecule has 0 saturated carbocycles. The summed E-state index contributed by atoms with van der Waals surface area (Å²) in [5, 5.41) is 7.26. The molecule has 2 aliphatic rings. The van der Waals surface area contributed by atoms with Gasteiger partial charge < -0.3 is 9.84 Å². The number of piperazine rings is 1. The van der Waals surface area contributed by atoms with Gasteiger partial charge in [0, 0.05) is 38.3 Å². The zero-order valence-electron chi connectivity index (χ0n) is 19.3. The molecule has 1 aliphatic carbocycles. The first kappa shape index (κ1) is 22.7. The SMILES string of the molecule is Cc1ccc(-c2noc(CN3CCN([C@H](C)C(=O)NCCC4=CCCCC4)CC3)n2)cc1. The average Bonchev–Trinajstić information content (AvgIpc) is 3.28. The first-order valence-electron chi connectivity index (χ1n) is 11.9. The molecule has 2 aromatic rings. The Balaban J connectivity index is 1.19. The van der Waals surface area contributed by atoms with E-state index in [1.165, 1.54) is 36.8 Å². The molecular weight excluding hydrogens is 402 g/mol. The first-order chi connectivity index (χ1) is 15.6. The quantitative estimate of drug-likeness (QED) is 0.637. The van der Waals surface area contributed by atoms with Crippen LogP contribution >= 0.6 is 0 Å². The lowest BCUT2D eigenvalue weighted by Crippen LogP contribution is -2.53. The largest absolute Gasteiger partial charge is 0.354 e. The van der Waals surface area contributed by atoms with E-state index in [1.807, 2.05) is 19.1 Å². The predicted molar refractivity (Wildman–Crippen MR) is 125 cm³/mol. The summed E-state index contributed by atoms with van der Waals surface area (Å²) in [5.41, 5.74) is 3.68. The van der Waals surface area contributed by atoms with Crippen LogP contribution < -0.4 is 5.32 Å². The summed E-state index contributed by atoms with van der Waals surface area (Å²) >= 11 is 0. The molecule has 1 atom stereocenters. The number of aryl methyl sites for hydroxylation is 1. The molecule has 1 fully saturated rings. The van der Waals surface area contributed by atoms with E-state index in [0.29, 0.717) is 18.3 Å². The summed E-state index contributed by atoms with van der Waals surface area (Å²) in [6.45, 7) is 8.94. The van der Waals surface area contributed by atoms with Crippen LogP contribution in [0.3, 0.4) is 0 Å². The van der Waals surface area contributed by atoms with Gasteiger partial charge in [0.2, 0.25) is 17.6 Å². The summed E-state index contributed by atoms with van der Waals surface area (Å²) in [5.74, 6) is 1.40. The second-order valence-corrected chi connectivity index (χ2v) is 9.02. The van der Waals surface area contributed by atoms with Gasteiger partial charge in [-0.05, 0) is 46.0 Å². The molecule has 7 nitrogen and oxygen atoms in total. The minimum Gasteiger partial charge on any atom is -0.354 e. The lowest BCUT2D eigenvalue weighted by atomic mass is 9.97. The lowest BCUT2D eigenvalue weighted by molar-refractivity contribution is -0.126. The highest BCUT2D eigenvalue weighted by molar-refractivity contribution is 5.81. The van der Waals surface area contributed by atoms with E-state index in [9.17, 15) is 4.79 Å². The third-order valence-electron chi connectivity index (χ3n) is 6.60. The lowest BCUT2D eigenvalue weighted by Gasteiger charge is -2.36. The molecule has 0 unspecified atom stereocenters. The number of aromatic nitrogens is 2. The van der Waals surface area contributed by atoms with E-state index in [-0.39, 0.29) is 11.9 Å². The molecule has 1 aromatic carbocycles. The van der Waals surface area contributed by atoms with Crippen LogP contribution in [0.4, 0.5) is 0 Å². The number of carbonyl (C=O) groups is 1. The molecule has 0 spiro atoms. The van der Waals surface area contributed by atoms with E-state index in [4.69, 9.17) is 4.52 Å². The molecule has 0 radical (unpaired) electrons. The minimum absolute atomic E-state index is 0.103. The molecule has 1 amide bonds. The Morgan fingerprint density at radius 1 is 1.16 bits per heavy atom. The van der Waals surface area contributed by atoms with Crippen LogP contribution in [0.15, 0.2) is 40.4 Å². The highest BCUT2D eigenvalue weighted by Crippen LogP contribution is 2.20. The fraction of sp³-hybridized carbons (Fsp3) is 0.560. The van der Waals surface area contributed by atoms with Crippen molar-refractivity contribution in [3.05, 3.63) is 47.4 Å². The number of rotatable bonds is 8. The summed E-state index contributed by atoms with van der Waals surface area (Å²) in [4.78, 5) is 21.7. The first-order valence-corrected chi connectivity index (χ1v) is 11.9. The van der Waals surface area contributed by atoms with Crippen LogP contribution in [0.1, 0.15) is 50.5 Å². The summed E-state index contributed by atoms with van der Waals surface area (Å²) in [6, 6.07) is 8.03. The maximum Gasteiger partial charge on any atom is 0.241 e. The zero-order chi connectivity index (χ0) is 22.3. The fourth-order valence-electron chi connectivity index (χ4n) is 4.43. The molecule has 2 heterocycles. The topological polar surface area (TPSA) is 74.5 Å². The Morgan fingerprint density at radius 3 is 2.66 bits per heavy atom. The van der Waals surface area contributed by atoms with Crippen molar-refractivity contribution >= 4 is 5.91 Å². The van der Waals surface area contributed by atoms with Crippen LogP contribution in [-0.4, -0.2) is 64.6 Å². The third kappa shape index (κ3) is 6.04. The van der Waals surface area contributed by atoms with Gasteiger partial charge in [0.05, 0.1) is 12.6 Å². The molecular formula is C25H35N5O2. The number of carbonyl (C=O) groups excluding carboxylic acids is 1. The number of benzene rings is 1. The maximum atomic E-state index is 12.6. The van der Waals surface area contributed by atoms with Gasteiger partial charge in [0.15, 0.2) is 0 Å². The standard InChI is InChI=1S/C25H35N5O2/c1-19-8-10-22(11-9-19)24-27-23(32-28-24)18-29-14-16-30(17-15-29)20(2)25(31)26-13-12-21-6-4-3-5-7-21/h6,8-11,20H,3-5,7,12-18H2,1-2H3,(H,26,31)/t20-/m1/s1. The van der Waals surface area contributed by atoms with Gasteiger partial charge in [-0.2, -0.15) is 4.98 Å². The van der Waals surface area contributed by atoms with Crippen molar-refractivity contribution in [2.45, 2.75) is 58.5 Å². The Kier molecular flexibility index (Phi) is 7.71. The number of amides is 1. The highest BCUT2D eigenvalue weighted by atomic mass is 16.5. The van der Waals surface area contributed by atoms with Crippen LogP contribution in [-0.2, 0) is 11.3 Å². The Bertz CT molecular complexity index is 913. The van der Waals surface area contributed by atoms with Gasteiger partial charge in [0.25, 0.3) is 0 Å². The summed E-state index contributed by atoms with van der Waals surface area (Å²) < 4.78 is 5.47. The van der Waals surface area contributed by atoms with Gasteiger partial charge in [-0.3, -0.25) is 14.6 Å². The Hall–Kier alpha value is -2.51. The van der Waals surface area contributed by atoms with Gasteiger partial charge >= 0.3 is 0 Å². The summed E-state index contributed by atoms with van der Waals surface area (Å²) in [6.07, 6.45) is 8.32. The normalized spacial score (nSPS) is 18.9. The number of hydrogen-bond donors (Lipinski definition) is 1. The monoisotopic (exact) mass is 437 g/mol. The summed E-state index contributed by atoms with van der Waals surface area (Å²) in [7, 11) is 0. The number of allylic oxidation sites excluding steroid dienone is 1. The van der Waals surface area contributed by atoms with E-state index in [0.717, 1.165) is 44.7 Å². The zero-order valence-corrected chi connectivity index (χ0v) is 19.3. The van der Waals surface area contributed by atoms with Gasteiger partial charge in [-0.1, -0.05) is 46.6 Å². The highest BCUT2D eigenvalue weighted by Gasteiger charge is 2.26. The van der Waals surface area contributed by atoms with Crippen molar-refractivity contribution in [3.8, 4) is 11.4 Å². The number of nitrogens with zero attached hydrogens (tertiary/aromatic N) is 4. The molecule has 1 saturated heterocycles. The smallest absolute Gasteiger partial charge is 0.241 e. The molecule has 1 N–H and O–H groups in total. The van der Waals surface area contributed by atoms with Crippen molar-refractivity contribution in [1.82, 2.24) is 25.3 Å². The molecule has 4 rings (SSSR count). The van der Waals surface area contributed by atoms with Crippen molar-refractivity contribution < 1.29 is 9.32 Å². The second kappa shape index (κ2) is 10.9. The van der Waals surface area contributed by atoms with E-state index in [2.05, 4.69) is 50.4 Å². The maximum absolute atomic E-state index is 12.6. The molecule has 7 heteroatoms. The molecule has 32 heavy (non-hydrogen) atoms. The van der Waals surface area contributed by atoms with Crippen molar-refractivity contribution in [2.75, 3.05) is 32.7 Å². The number of nitrogens with one attached hydrogen (secondary N) is 1. The number of hydrogen-bond acceptors (Lipinski definition) is 6. The van der Waals surface area contributed by atoms with E-state index >= 15 is 0 Å². The third-order valence-corrected chi connectivity index (χ3v) is 6.60.